The van der Waals surface area contributed by atoms with Gasteiger partial charge >= 0.3 is 0 Å². The number of allylic oxidation sites excluding steroid dienone is 1. The molecule has 1 aliphatic heterocycles. The Bertz CT molecular complexity index is 274. The quantitative estimate of drug-likeness (QED) is 0.743. The van der Waals surface area contributed by atoms with Crippen molar-refractivity contribution in [2.75, 3.05) is 7.05 Å². The van der Waals surface area contributed by atoms with Crippen LogP contribution < -0.4 is 5.32 Å². The van der Waals surface area contributed by atoms with Crippen LogP contribution in [0.15, 0.2) is 11.6 Å². The third-order valence-corrected chi connectivity index (χ3v) is 4.49. The Labute approximate surface area is 99.4 Å². The van der Waals surface area contributed by atoms with E-state index in [1.807, 2.05) is 0 Å². The maximum atomic E-state index is 5.96. The highest BCUT2D eigenvalue weighted by Gasteiger charge is 2.42. The summed E-state index contributed by atoms with van der Waals surface area (Å²) in [5, 5.41) is 3.52. The van der Waals surface area contributed by atoms with E-state index in [9.17, 15) is 0 Å². The van der Waals surface area contributed by atoms with Gasteiger partial charge in [0, 0.05) is 12.0 Å². The lowest BCUT2D eigenvalue weighted by atomic mass is 9.80. The van der Waals surface area contributed by atoms with Crippen molar-refractivity contribution in [2.24, 2.45) is 11.8 Å². The van der Waals surface area contributed by atoms with Gasteiger partial charge in [-0.15, -0.1) is 0 Å². The molecule has 16 heavy (non-hydrogen) atoms. The van der Waals surface area contributed by atoms with Gasteiger partial charge in [0.25, 0.3) is 0 Å². The molecule has 2 rings (SSSR count). The third-order valence-electron chi connectivity index (χ3n) is 4.49. The van der Waals surface area contributed by atoms with Gasteiger partial charge in [0.15, 0.2) is 0 Å². The lowest BCUT2D eigenvalue weighted by molar-refractivity contribution is 0.0490. The number of likely N-dealkylation sites (N-methyl/N-ethyl adjacent to an activating group) is 1. The average Bonchev–Trinajstić information content (AvgIpc) is 2.84. The fraction of sp³-hybridized carbons (Fsp3) is 0.857. The van der Waals surface area contributed by atoms with E-state index in [2.05, 4.69) is 39.2 Å². The van der Waals surface area contributed by atoms with Crippen LogP contribution in [0.1, 0.15) is 40.0 Å². The van der Waals surface area contributed by atoms with Gasteiger partial charge in [0.05, 0.1) is 12.2 Å². The lowest BCUT2D eigenvalue weighted by Crippen LogP contribution is -2.41. The van der Waals surface area contributed by atoms with Crippen molar-refractivity contribution in [3.05, 3.63) is 11.6 Å². The van der Waals surface area contributed by atoms with E-state index in [-0.39, 0.29) is 0 Å². The van der Waals surface area contributed by atoms with Crippen molar-refractivity contribution < 1.29 is 4.74 Å². The molecule has 1 N–H and O–H groups in total. The summed E-state index contributed by atoms with van der Waals surface area (Å²) in [4.78, 5) is 0. The Kier molecular flexibility index (Phi) is 3.70. The van der Waals surface area contributed by atoms with Crippen LogP contribution in [-0.2, 0) is 4.74 Å². The first kappa shape index (κ1) is 12.1. The molecule has 1 heterocycles. The molecule has 0 aromatic carbocycles. The Hall–Kier alpha value is -0.340. The summed E-state index contributed by atoms with van der Waals surface area (Å²) in [5.41, 5.74) is 1.61. The number of hydrogen-bond acceptors (Lipinski definition) is 2. The minimum absolute atomic E-state index is 0.379. The molecule has 92 valence electrons. The first-order chi connectivity index (χ1) is 7.65. The Morgan fingerprint density at radius 1 is 1.31 bits per heavy atom. The van der Waals surface area contributed by atoms with Crippen LogP contribution in [0, 0.1) is 11.8 Å². The van der Waals surface area contributed by atoms with Gasteiger partial charge in [-0.25, -0.2) is 0 Å². The lowest BCUT2D eigenvalue weighted by Gasteiger charge is -2.30. The summed E-state index contributed by atoms with van der Waals surface area (Å²) in [6, 6.07) is 0.525. The molecule has 2 aliphatic rings. The highest BCUT2D eigenvalue weighted by atomic mass is 16.5. The maximum absolute atomic E-state index is 5.96. The van der Waals surface area contributed by atoms with E-state index in [0.717, 1.165) is 0 Å². The fourth-order valence-corrected chi connectivity index (χ4v) is 3.47. The molecule has 1 saturated heterocycles. The van der Waals surface area contributed by atoms with Crippen molar-refractivity contribution in [1.29, 1.82) is 0 Å². The number of nitrogens with one attached hydrogen (secondary N) is 1. The molecule has 0 amide bonds. The predicted molar refractivity (Wildman–Crippen MR) is 67.4 cm³/mol. The van der Waals surface area contributed by atoms with Crippen LogP contribution in [0.25, 0.3) is 0 Å². The Balaban J connectivity index is 2.14. The van der Waals surface area contributed by atoms with Crippen LogP contribution in [-0.4, -0.2) is 25.3 Å². The zero-order chi connectivity index (χ0) is 11.7. The molecule has 5 atom stereocenters. The van der Waals surface area contributed by atoms with Crippen molar-refractivity contribution in [2.45, 2.75) is 58.3 Å². The molecule has 0 aromatic rings. The van der Waals surface area contributed by atoms with Crippen LogP contribution in [0.4, 0.5) is 0 Å². The van der Waals surface area contributed by atoms with E-state index in [0.29, 0.717) is 30.1 Å². The van der Waals surface area contributed by atoms with Gasteiger partial charge in [-0.1, -0.05) is 18.6 Å². The normalized spacial score (nSPS) is 41.1. The average molecular weight is 223 g/mol. The third kappa shape index (κ3) is 2.05. The molecule has 1 aliphatic carbocycles. The van der Waals surface area contributed by atoms with Gasteiger partial charge in [-0.3, -0.25) is 0 Å². The molecule has 2 heteroatoms. The molecule has 0 saturated carbocycles. The largest absolute Gasteiger partial charge is 0.375 e. The zero-order valence-corrected chi connectivity index (χ0v) is 11.0. The van der Waals surface area contributed by atoms with Gasteiger partial charge in [-0.2, -0.15) is 0 Å². The summed E-state index contributed by atoms with van der Waals surface area (Å²) >= 11 is 0. The smallest absolute Gasteiger partial charge is 0.0600 e. The molecule has 0 bridgehead atoms. The first-order valence-corrected chi connectivity index (χ1v) is 6.66. The van der Waals surface area contributed by atoms with Crippen molar-refractivity contribution in [1.82, 2.24) is 5.32 Å². The van der Waals surface area contributed by atoms with E-state index < -0.39 is 0 Å². The van der Waals surface area contributed by atoms with Gasteiger partial charge in [0.2, 0.25) is 0 Å². The molecule has 5 unspecified atom stereocenters. The summed E-state index contributed by atoms with van der Waals surface area (Å²) in [6.07, 6.45) is 7.08. The van der Waals surface area contributed by atoms with E-state index >= 15 is 0 Å². The molecular weight excluding hydrogens is 198 g/mol. The SMILES string of the molecule is CNC(C1=CCCC1)C1C(C)OC(C)C1C. The summed E-state index contributed by atoms with van der Waals surface area (Å²) < 4.78 is 5.96. The first-order valence-electron chi connectivity index (χ1n) is 6.66. The van der Waals surface area contributed by atoms with Crippen LogP contribution in [0.5, 0.6) is 0 Å². The maximum Gasteiger partial charge on any atom is 0.0600 e. The summed E-state index contributed by atoms with van der Waals surface area (Å²) in [7, 11) is 2.09. The van der Waals surface area contributed by atoms with Gasteiger partial charge in [0.1, 0.15) is 0 Å². The molecule has 0 radical (unpaired) electrons. The molecule has 1 fully saturated rings. The number of ether oxygens (including phenoxy) is 1. The van der Waals surface area contributed by atoms with Crippen molar-refractivity contribution >= 4 is 0 Å². The second-order valence-electron chi connectivity index (χ2n) is 5.42. The minimum Gasteiger partial charge on any atom is -0.375 e. The number of hydrogen-bond donors (Lipinski definition) is 1. The van der Waals surface area contributed by atoms with E-state index in [4.69, 9.17) is 4.74 Å². The molecular formula is C14H25NO. The molecule has 2 nitrogen and oxygen atoms in total. The van der Waals surface area contributed by atoms with Gasteiger partial charge in [-0.05, 0) is 46.1 Å². The topological polar surface area (TPSA) is 21.3 Å². The van der Waals surface area contributed by atoms with Crippen molar-refractivity contribution in [3.63, 3.8) is 0 Å². The van der Waals surface area contributed by atoms with Gasteiger partial charge < -0.3 is 10.1 Å². The van der Waals surface area contributed by atoms with Crippen LogP contribution in [0.3, 0.4) is 0 Å². The number of rotatable bonds is 3. The van der Waals surface area contributed by atoms with E-state index in [1.54, 1.807) is 5.57 Å². The highest BCUT2D eigenvalue weighted by Crippen LogP contribution is 2.38. The standard InChI is InChI=1S/C14H25NO/c1-9-10(2)16-11(3)13(9)14(15-4)12-7-5-6-8-12/h7,9-11,13-15H,5-6,8H2,1-4H3. The highest BCUT2D eigenvalue weighted by molar-refractivity contribution is 5.18. The fourth-order valence-electron chi connectivity index (χ4n) is 3.47. The Morgan fingerprint density at radius 3 is 2.50 bits per heavy atom. The van der Waals surface area contributed by atoms with Crippen molar-refractivity contribution in [3.8, 4) is 0 Å². The summed E-state index contributed by atoms with van der Waals surface area (Å²) in [5.74, 6) is 1.28. The second-order valence-corrected chi connectivity index (χ2v) is 5.42. The summed E-state index contributed by atoms with van der Waals surface area (Å²) in [6.45, 7) is 6.76. The predicted octanol–water partition coefficient (Wildman–Crippen LogP) is 2.74. The van der Waals surface area contributed by atoms with Crippen LogP contribution in [0.2, 0.25) is 0 Å². The Morgan fingerprint density at radius 2 is 2.06 bits per heavy atom. The van der Waals surface area contributed by atoms with E-state index in [1.165, 1.54) is 19.3 Å². The molecule has 0 aromatic heterocycles. The second kappa shape index (κ2) is 4.89. The van der Waals surface area contributed by atoms with Crippen LogP contribution >= 0.6 is 0 Å². The zero-order valence-electron chi connectivity index (χ0n) is 11.0. The minimum atomic E-state index is 0.379. The molecule has 0 spiro atoms. The monoisotopic (exact) mass is 223 g/mol.